The SMILES string of the molecule is Cc1cn[nH]c1C1(C)CCN(C(=O)c2cncnc2)CC1. The van der Waals surface area contributed by atoms with E-state index in [0.29, 0.717) is 5.56 Å². The Labute approximate surface area is 123 Å². The average molecular weight is 285 g/mol. The zero-order valence-electron chi connectivity index (χ0n) is 12.3. The van der Waals surface area contributed by atoms with Crippen LogP contribution in [0, 0.1) is 6.92 Å². The van der Waals surface area contributed by atoms with Crippen molar-refractivity contribution in [3.05, 3.63) is 41.7 Å². The van der Waals surface area contributed by atoms with Crippen molar-refractivity contribution in [1.82, 2.24) is 25.1 Å². The second kappa shape index (κ2) is 5.27. The quantitative estimate of drug-likeness (QED) is 0.911. The average Bonchev–Trinajstić information content (AvgIpc) is 2.95. The first-order chi connectivity index (χ1) is 10.1. The van der Waals surface area contributed by atoms with Crippen LogP contribution in [-0.4, -0.2) is 44.1 Å². The maximum Gasteiger partial charge on any atom is 0.256 e. The number of aryl methyl sites for hydroxylation is 1. The lowest BCUT2D eigenvalue weighted by Crippen LogP contribution is -2.44. The Morgan fingerprint density at radius 3 is 2.48 bits per heavy atom. The Balaban J connectivity index is 1.71. The molecule has 0 aromatic carbocycles. The summed E-state index contributed by atoms with van der Waals surface area (Å²) in [6.45, 7) is 5.79. The molecule has 6 heteroatoms. The van der Waals surface area contributed by atoms with Gasteiger partial charge in [0.05, 0.1) is 11.8 Å². The van der Waals surface area contributed by atoms with E-state index in [1.165, 1.54) is 17.6 Å². The van der Waals surface area contributed by atoms with Gasteiger partial charge in [-0.3, -0.25) is 9.89 Å². The fraction of sp³-hybridized carbons (Fsp3) is 0.467. The molecule has 0 saturated carbocycles. The van der Waals surface area contributed by atoms with Crippen molar-refractivity contribution in [2.45, 2.75) is 32.1 Å². The van der Waals surface area contributed by atoms with Gasteiger partial charge in [0.1, 0.15) is 6.33 Å². The molecule has 110 valence electrons. The summed E-state index contributed by atoms with van der Waals surface area (Å²) >= 11 is 0. The number of H-pyrrole nitrogens is 1. The van der Waals surface area contributed by atoms with E-state index in [1.54, 1.807) is 12.4 Å². The topological polar surface area (TPSA) is 74.8 Å². The largest absolute Gasteiger partial charge is 0.338 e. The number of rotatable bonds is 2. The lowest BCUT2D eigenvalue weighted by atomic mass is 9.76. The Morgan fingerprint density at radius 1 is 1.24 bits per heavy atom. The highest BCUT2D eigenvalue weighted by molar-refractivity contribution is 5.93. The summed E-state index contributed by atoms with van der Waals surface area (Å²) in [5, 5.41) is 7.24. The van der Waals surface area contributed by atoms with Crippen LogP contribution in [0.1, 0.15) is 41.4 Å². The highest BCUT2D eigenvalue weighted by Crippen LogP contribution is 2.35. The molecule has 1 aliphatic rings. The molecule has 6 nitrogen and oxygen atoms in total. The number of carbonyl (C=O) groups excluding carboxylic acids is 1. The van der Waals surface area contributed by atoms with E-state index in [0.717, 1.165) is 25.9 Å². The van der Waals surface area contributed by atoms with Crippen molar-refractivity contribution in [3.8, 4) is 0 Å². The van der Waals surface area contributed by atoms with Crippen LogP contribution >= 0.6 is 0 Å². The molecule has 3 heterocycles. The Morgan fingerprint density at radius 2 is 1.90 bits per heavy atom. The molecular weight excluding hydrogens is 266 g/mol. The summed E-state index contributed by atoms with van der Waals surface area (Å²) < 4.78 is 0. The molecule has 3 rings (SSSR count). The molecule has 2 aromatic heterocycles. The Kier molecular flexibility index (Phi) is 3.45. The van der Waals surface area contributed by atoms with Gasteiger partial charge in [0.25, 0.3) is 5.91 Å². The molecule has 1 amide bonds. The van der Waals surface area contributed by atoms with Gasteiger partial charge in [0.2, 0.25) is 0 Å². The maximum absolute atomic E-state index is 12.4. The predicted octanol–water partition coefficient (Wildman–Crippen LogP) is 1.70. The Hall–Kier alpha value is -2.24. The van der Waals surface area contributed by atoms with Crippen LogP contribution in [0.15, 0.2) is 24.9 Å². The number of carbonyl (C=O) groups is 1. The summed E-state index contributed by atoms with van der Waals surface area (Å²) in [6.07, 6.45) is 8.29. The zero-order valence-corrected chi connectivity index (χ0v) is 12.3. The van der Waals surface area contributed by atoms with Gasteiger partial charge in [-0.15, -0.1) is 0 Å². The normalized spacial score (nSPS) is 17.7. The van der Waals surface area contributed by atoms with Crippen molar-refractivity contribution >= 4 is 5.91 Å². The molecule has 2 aromatic rings. The molecular formula is C15H19N5O. The van der Waals surface area contributed by atoms with Gasteiger partial charge < -0.3 is 4.90 Å². The first kappa shape index (κ1) is 13.7. The van der Waals surface area contributed by atoms with Crippen molar-refractivity contribution in [2.75, 3.05) is 13.1 Å². The summed E-state index contributed by atoms with van der Waals surface area (Å²) in [4.78, 5) is 22.1. The number of nitrogens with one attached hydrogen (secondary N) is 1. The first-order valence-electron chi connectivity index (χ1n) is 7.15. The molecule has 0 aliphatic carbocycles. The number of hydrogen-bond acceptors (Lipinski definition) is 4. The highest BCUT2D eigenvalue weighted by atomic mass is 16.2. The van der Waals surface area contributed by atoms with Gasteiger partial charge in [-0.05, 0) is 25.3 Å². The third kappa shape index (κ3) is 2.53. The number of nitrogens with zero attached hydrogens (tertiary/aromatic N) is 4. The van der Waals surface area contributed by atoms with Crippen LogP contribution in [0.5, 0.6) is 0 Å². The standard InChI is InChI=1S/C15H19N5O/c1-11-7-18-19-13(11)15(2)3-5-20(6-4-15)14(21)12-8-16-10-17-9-12/h7-10H,3-6H2,1-2H3,(H,18,19). The molecule has 0 radical (unpaired) electrons. The van der Waals surface area contributed by atoms with Crippen LogP contribution in [0.2, 0.25) is 0 Å². The summed E-state index contributed by atoms with van der Waals surface area (Å²) in [5.74, 6) is 0.0129. The van der Waals surface area contributed by atoms with Gasteiger partial charge in [-0.25, -0.2) is 9.97 Å². The van der Waals surface area contributed by atoms with Crippen molar-refractivity contribution in [1.29, 1.82) is 0 Å². The molecule has 1 saturated heterocycles. The number of aromatic nitrogens is 4. The monoisotopic (exact) mass is 285 g/mol. The van der Waals surface area contributed by atoms with E-state index in [1.807, 2.05) is 11.1 Å². The summed E-state index contributed by atoms with van der Waals surface area (Å²) in [5.41, 5.74) is 3.00. The fourth-order valence-corrected chi connectivity index (χ4v) is 3.00. The fourth-order valence-electron chi connectivity index (χ4n) is 3.00. The molecule has 0 bridgehead atoms. The van der Waals surface area contributed by atoms with E-state index >= 15 is 0 Å². The third-order valence-electron chi connectivity index (χ3n) is 4.39. The van der Waals surface area contributed by atoms with Crippen molar-refractivity contribution in [2.24, 2.45) is 0 Å². The van der Waals surface area contributed by atoms with Crippen LogP contribution in [0.25, 0.3) is 0 Å². The smallest absolute Gasteiger partial charge is 0.256 e. The number of piperidine rings is 1. The van der Waals surface area contributed by atoms with Gasteiger partial charge in [-0.2, -0.15) is 5.10 Å². The number of hydrogen-bond donors (Lipinski definition) is 1. The van der Waals surface area contributed by atoms with Crippen molar-refractivity contribution in [3.63, 3.8) is 0 Å². The van der Waals surface area contributed by atoms with E-state index < -0.39 is 0 Å². The van der Waals surface area contributed by atoms with Gasteiger partial charge in [0.15, 0.2) is 0 Å². The minimum atomic E-state index is 0.0129. The molecule has 1 aliphatic heterocycles. The second-order valence-electron chi connectivity index (χ2n) is 5.91. The minimum absolute atomic E-state index is 0.0129. The molecule has 1 N–H and O–H groups in total. The highest BCUT2D eigenvalue weighted by Gasteiger charge is 2.35. The van der Waals surface area contributed by atoms with Crippen LogP contribution in [0.4, 0.5) is 0 Å². The lowest BCUT2D eigenvalue weighted by Gasteiger charge is -2.39. The van der Waals surface area contributed by atoms with E-state index in [2.05, 4.69) is 34.0 Å². The van der Waals surface area contributed by atoms with Crippen LogP contribution in [-0.2, 0) is 5.41 Å². The number of amides is 1. The van der Waals surface area contributed by atoms with Gasteiger partial charge in [0, 0.05) is 36.6 Å². The first-order valence-corrected chi connectivity index (χ1v) is 7.15. The lowest BCUT2D eigenvalue weighted by molar-refractivity contribution is 0.0672. The molecule has 0 atom stereocenters. The predicted molar refractivity (Wildman–Crippen MR) is 77.8 cm³/mol. The zero-order chi connectivity index (χ0) is 14.9. The van der Waals surface area contributed by atoms with Gasteiger partial charge >= 0.3 is 0 Å². The van der Waals surface area contributed by atoms with E-state index in [9.17, 15) is 4.79 Å². The van der Waals surface area contributed by atoms with Gasteiger partial charge in [-0.1, -0.05) is 6.92 Å². The van der Waals surface area contributed by atoms with E-state index in [4.69, 9.17) is 0 Å². The maximum atomic E-state index is 12.4. The van der Waals surface area contributed by atoms with Crippen molar-refractivity contribution < 1.29 is 4.79 Å². The summed E-state index contributed by atoms with van der Waals surface area (Å²) in [7, 11) is 0. The van der Waals surface area contributed by atoms with Crippen LogP contribution in [0.3, 0.4) is 0 Å². The molecule has 1 fully saturated rings. The molecule has 0 unspecified atom stereocenters. The molecule has 0 spiro atoms. The second-order valence-corrected chi connectivity index (χ2v) is 5.91. The summed E-state index contributed by atoms with van der Waals surface area (Å²) in [6, 6.07) is 0. The Bertz CT molecular complexity index is 629. The van der Waals surface area contributed by atoms with Crippen LogP contribution < -0.4 is 0 Å². The minimum Gasteiger partial charge on any atom is -0.338 e. The number of likely N-dealkylation sites (tertiary alicyclic amines) is 1. The molecule has 21 heavy (non-hydrogen) atoms. The van der Waals surface area contributed by atoms with E-state index in [-0.39, 0.29) is 11.3 Å². The third-order valence-corrected chi connectivity index (χ3v) is 4.39. The number of aromatic amines is 1.